The highest BCUT2D eigenvalue weighted by atomic mass is 16.5. The van der Waals surface area contributed by atoms with E-state index in [1.165, 1.54) is 0 Å². The predicted octanol–water partition coefficient (Wildman–Crippen LogP) is 2.93. The van der Waals surface area contributed by atoms with Crippen LogP contribution in [0.15, 0.2) is 12.2 Å². The quantitative estimate of drug-likeness (QED) is 0.363. The summed E-state index contributed by atoms with van der Waals surface area (Å²) < 4.78 is 24.4. The van der Waals surface area contributed by atoms with E-state index in [2.05, 4.69) is 30.7 Å². The van der Waals surface area contributed by atoms with Crippen molar-refractivity contribution >= 4 is 5.97 Å². The second kappa shape index (κ2) is 7.84. The van der Waals surface area contributed by atoms with Crippen LogP contribution in [-0.2, 0) is 9.53 Å². The number of unbranched alkanes of at least 4 members (excludes halogenated alkanes) is 2. The predicted molar refractivity (Wildman–Crippen MR) is 54.5 cm³/mol. The summed E-state index contributed by atoms with van der Waals surface area (Å²) in [5.74, 6) is -0.103. The SMILES string of the molecule is [2H]C([2H])([2H])OC(=O)CCCC/C=C/C(C)C. The van der Waals surface area contributed by atoms with Crippen LogP contribution in [0, 0.1) is 5.92 Å². The van der Waals surface area contributed by atoms with Crippen molar-refractivity contribution in [3.05, 3.63) is 12.2 Å². The van der Waals surface area contributed by atoms with Crippen LogP contribution in [0.4, 0.5) is 0 Å². The molecule has 0 heterocycles. The second-order valence-electron chi connectivity index (χ2n) is 3.39. The van der Waals surface area contributed by atoms with E-state index in [9.17, 15) is 4.79 Å². The zero-order valence-electron chi connectivity index (χ0n) is 11.4. The van der Waals surface area contributed by atoms with Crippen LogP contribution >= 0.6 is 0 Å². The largest absolute Gasteiger partial charge is 0.469 e. The van der Waals surface area contributed by atoms with Gasteiger partial charge >= 0.3 is 5.97 Å². The van der Waals surface area contributed by atoms with Gasteiger partial charge in [-0.2, -0.15) is 0 Å². The van der Waals surface area contributed by atoms with E-state index in [4.69, 9.17) is 4.11 Å². The molecule has 0 aliphatic rings. The van der Waals surface area contributed by atoms with Crippen LogP contribution in [0.2, 0.25) is 0 Å². The molecule has 0 aliphatic heterocycles. The van der Waals surface area contributed by atoms with Gasteiger partial charge in [-0.15, -0.1) is 0 Å². The zero-order valence-corrected chi connectivity index (χ0v) is 8.38. The van der Waals surface area contributed by atoms with E-state index in [0.717, 1.165) is 12.8 Å². The monoisotopic (exact) mass is 187 g/mol. The lowest BCUT2D eigenvalue weighted by molar-refractivity contribution is -0.140. The van der Waals surface area contributed by atoms with Crippen LogP contribution in [0.3, 0.4) is 0 Å². The van der Waals surface area contributed by atoms with E-state index >= 15 is 0 Å². The van der Waals surface area contributed by atoms with Gasteiger partial charge in [0.25, 0.3) is 0 Å². The lowest BCUT2D eigenvalue weighted by Gasteiger charge is -1.97. The van der Waals surface area contributed by atoms with Crippen molar-refractivity contribution in [2.45, 2.75) is 39.5 Å². The molecule has 0 amide bonds. The fraction of sp³-hybridized carbons (Fsp3) is 0.727. The summed E-state index contributed by atoms with van der Waals surface area (Å²) in [5, 5.41) is 0. The molecule has 0 aromatic heterocycles. The van der Waals surface area contributed by atoms with Gasteiger partial charge in [0.2, 0.25) is 0 Å². The first-order valence-corrected chi connectivity index (χ1v) is 4.70. The Bertz CT molecular complexity index is 232. The molecular weight excluding hydrogens is 164 g/mol. The minimum atomic E-state index is -2.60. The van der Waals surface area contributed by atoms with Crippen molar-refractivity contribution < 1.29 is 13.6 Å². The van der Waals surface area contributed by atoms with Crippen molar-refractivity contribution in [1.82, 2.24) is 0 Å². The summed E-state index contributed by atoms with van der Waals surface area (Å²) in [6.07, 6.45) is 6.82. The number of hydrogen-bond acceptors (Lipinski definition) is 2. The molecule has 0 rings (SSSR count). The number of ether oxygens (including phenoxy) is 1. The maximum absolute atomic E-state index is 11.0. The normalized spacial score (nSPS) is 15.5. The van der Waals surface area contributed by atoms with Gasteiger partial charge < -0.3 is 4.74 Å². The summed E-state index contributed by atoms with van der Waals surface area (Å²) in [6.45, 7) is 4.20. The van der Waals surface area contributed by atoms with Crippen molar-refractivity contribution in [3.63, 3.8) is 0 Å². The molecule has 2 nitrogen and oxygen atoms in total. The summed E-state index contributed by atoms with van der Waals surface area (Å²) in [4.78, 5) is 11.0. The van der Waals surface area contributed by atoms with Crippen molar-refractivity contribution in [1.29, 1.82) is 0 Å². The van der Waals surface area contributed by atoms with Crippen molar-refractivity contribution in [2.24, 2.45) is 5.92 Å². The summed E-state index contributed by atoms with van der Waals surface area (Å²) in [5.41, 5.74) is 0. The van der Waals surface area contributed by atoms with Crippen LogP contribution in [0.1, 0.15) is 43.6 Å². The molecule has 0 aromatic carbocycles. The molecule has 0 unspecified atom stereocenters. The molecule has 0 atom stereocenters. The van der Waals surface area contributed by atoms with Crippen molar-refractivity contribution in [2.75, 3.05) is 7.04 Å². The highest BCUT2D eigenvalue weighted by molar-refractivity contribution is 5.68. The molecule has 0 N–H and O–H groups in total. The Morgan fingerprint density at radius 1 is 1.54 bits per heavy atom. The van der Waals surface area contributed by atoms with Gasteiger partial charge in [0, 0.05) is 6.42 Å². The van der Waals surface area contributed by atoms with Crippen molar-refractivity contribution in [3.8, 4) is 0 Å². The van der Waals surface area contributed by atoms with Crippen LogP contribution < -0.4 is 0 Å². The first-order chi connectivity index (χ1) is 7.31. The van der Waals surface area contributed by atoms with Gasteiger partial charge in [0.15, 0.2) is 0 Å². The number of methoxy groups -OCH3 is 1. The molecule has 0 aliphatic carbocycles. The molecule has 0 spiro atoms. The summed E-state index contributed by atoms with van der Waals surface area (Å²) >= 11 is 0. The standard InChI is InChI=1S/C11H20O2/c1-10(2)8-6-4-5-7-9-11(12)13-3/h6,8,10H,4-5,7,9H2,1-3H3/b8-6+/i3D3. The highest BCUT2D eigenvalue weighted by Gasteiger charge is 1.97. The zero-order chi connectivity index (χ0) is 12.6. The third-order valence-corrected chi connectivity index (χ3v) is 1.64. The van der Waals surface area contributed by atoms with Gasteiger partial charge in [-0.3, -0.25) is 4.79 Å². The maximum atomic E-state index is 11.0. The molecular formula is C11H20O2. The number of esters is 1. The lowest BCUT2D eigenvalue weighted by atomic mass is 10.1. The van der Waals surface area contributed by atoms with Gasteiger partial charge in [-0.1, -0.05) is 26.0 Å². The van der Waals surface area contributed by atoms with Gasteiger partial charge in [0.05, 0.1) is 11.2 Å². The van der Waals surface area contributed by atoms with Gasteiger partial charge in [-0.25, -0.2) is 0 Å². The second-order valence-corrected chi connectivity index (χ2v) is 3.39. The molecule has 0 fully saturated rings. The van der Waals surface area contributed by atoms with Crippen LogP contribution in [-0.4, -0.2) is 13.0 Å². The van der Waals surface area contributed by atoms with Crippen LogP contribution in [0.25, 0.3) is 0 Å². The van der Waals surface area contributed by atoms with E-state index in [0.29, 0.717) is 12.3 Å². The number of allylic oxidation sites excluding steroid dienone is 2. The number of rotatable bonds is 6. The third kappa shape index (κ3) is 9.12. The Morgan fingerprint density at radius 3 is 2.92 bits per heavy atom. The molecule has 2 heteroatoms. The maximum Gasteiger partial charge on any atom is 0.305 e. The number of carbonyl (C=O) groups is 1. The fourth-order valence-corrected chi connectivity index (χ4v) is 0.951. The molecule has 0 saturated carbocycles. The molecule has 76 valence electrons. The molecule has 0 aromatic rings. The summed E-state index contributed by atoms with van der Waals surface area (Å²) in [7, 11) is -2.60. The van der Waals surface area contributed by atoms with E-state index in [-0.39, 0.29) is 6.42 Å². The minimum absolute atomic E-state index is 0.175. The Kier molecular flexibility index (Phi) is 4.58. The number of carbonyl (C=O) groups excluding carboxylic acids is 1. The molecule has 0 bridgehead atoms. The summed E-state index contributed by atoms with van der Waals surface area (Å²) in [6, 6.07) is 0. The topological polar surface area (TPSA) is 26.3 Å². The fourth-order valence-electron chi connectivity index (χ4n) is 0.951. The molecule has 0 radical (unpaired) electrons. The van der Waals surface area contributed by atoms with E-state index in [1.807, 2.05) is 0 Å². The first kappa shape index (κ1) is 7.60. The highest BCUT2D eigenvalue weighted by Crippen LogP contribution is 2.03. The Hall–Kier alpha value is -0.790. The smallest absolute Gasteiger partial charge is 0.305 e. The Morgan fingerprint density at radius 2 is 2.31 bits per heavy atom. The van der Waals surface area contributed by atoms with E-state index in [1.54, 1.807) is 0 Å². The lowest BCUT2D eigenvalue weighted by Crippen LogP contribution is -1.98. The van der Waals surface area contributed by atoms with E-state index < -0.39 is 13.0 Å². The van der Waals surface area contributed by atoms with Gasteiger partial charge in [-0.05, 0) is 25.2 Å². The van der Waals surface area contributed by atoms with Gasteiger partial charge in [0.1, 0.15) is 0 Å². The first-order valence-electron chi connectivity index (χ1n) is 6.20. The Labute approximate surface area is 85.2 Å². The Balaban J connectivity index is 3.49. The minimum Gasteiger partial charge on any atom is -0.469 e. The average molecular weight is 187 g/mol. The number of hydrogen-bond donors (Lipinski definition) is 0. The average Bonchev–Trinajstić information content (AvgIpc) is 2.07. The molecule has 0 saturated heterocycles. The third-order valence-electron chi connectivity index (χ3n) is 1.64. The van der Waals surface area contributed by atoms with Crippen LogP contribution in [0.5, 0.6) is 0 Å². The molecule has 13 heavy (non-hydrogen) atoms.